The number of ether oxygens (including phenoxy) is 1. The fourth-order valence-electron chi connectivity index (χ4n) is 2.89. The highest BCUT2D eigenvalue weighted by Gasteiger charge is 2.18. The lowest BCUT2D eigenvalue weighted by molar-refractivity contribution is 0.307. The standard InChI is InChI=1S/C19H22N6OS/c1-24-6-8-25(9-7-24)19-23-12-17(27-19)15-10-16(18(20)22-11-15)26-13-14-2-4-21-5-3-14/h2-5,10-12H,6-9,13H2,1H3,(H2,20,22). The Labute approximate surface area is 162 Å². The first-order valence-corrected chi connectivity index (χ1v) is 9.67. The van der Waals surface area contributed by atoms with Crippen LogP contribution in [0.4, 0.5) is 10.9 Å². The first-order chi connectivity index (χ1) is 13.2. The van der Waals surface area contributed by atoms with Crippen molar-refractivity contribution in [1.29, 1.82) is 0 Å². The number of thiazole rings is 1. The maximum atomic E-state index is 5.99. The van der Waals surface area contributed by atoms with E-state index in [1.165, 1.54) is 0 Å². The number of likely N-dealkylation sites (N-methyl/N-ethyl adjacent to an activating group) is 1. The van der Waals surface area contributed by atoms with Gasteiger partial charge in [0.25, 0.3) is 0 Å². The minimum atomic E-state index is 0.386. The number of aromatic nitrogens is 3. The average Bonchev–Trinajstić information content (AvgIpc) is 3.19. The van der Waals surface area contributed by atoms with Crippen molar-refractivity contribution in [2.75, 3.05) is 43.9 Å². The lowest BCUT2D eigenvalue weighted by Gasteiger charge is -2.32. The van der Waals surface area contributed by atoms with E-state index < -0.39 is 0 Å². The zero-order valence-electron chi connectivity index (χ0n) is 15.2. The van der Waals surface area contributed by atoms with Crippen molar-refractivity contribution in [3.8, 4) is 16.2 Å². The second-order valence-electron chi connectivity index (χ2n) is 6.55. The van der Waals surface area contributed by atoms with Gasteiger partial charge in [-0.25, -0.2) is 9.97 Å². The van der Waals surface area contributed by atoms with Crippen LogP contribution in [0.3, 0.4) is 0 Å². The monoisotopic (exact) mass is 382 g/mol. The number of nitrogen functional groups attached to an aromatic ring is 1. The number of pyridine rings is 2. The van der Waals surface area contributed by atoms with Crippen LogP contribution in [0.5, 0.6) is 5.75 Å². The number of nitrogens with zero attached hydrogens (tertiary/aromatic N) is 5. The third kappa shape index (κ3) is 4.17. The molecule has 0 aromatic carbocycles. The van der Waals surface area contributed by atoms with E-state index >= 15 is 0 Å². The zero-order valence-corrected chi connectivity index (χ0v) is 16.0. The second-order valence-corrected chi connectivity index (χ2v) is 7.56. The van der Waals surface area contributed by atoms with Crippen LogP contribution >= 0.6 is 11.3 Å². The highest BCUT2D eigenvalue weighted by Crippen LogP contribution is 2.34. The van der Waals surface area contributed by atoms with Gasteiger partial charge in [-0.05, 0) is 30.8 Å². The molecular formula is C19H22N6OS. The molecule has 4 heterocycles. The number of hydrogen-bond acceptors (Lipinski definition) is 8. The van der Waals surface area contributed by atoms with Gasteiger partial charge in [0.15, 0.2) is 16.7 Å². The third-order valence-corrected chi connectivity index (χ3v) is 5.68. The quantitative estimate of drug-likeness (QED) is 0.726. The molecule has 3 aromatic rings. The van der Waals surface area contributed by atoms with Crippen molar-refractivity contribution in [1.82, 2.24) is 19.9 Å². The summed E-state index contributed by atoms with van der Waals surface area (Å²) in [6, 6.07) is 5.77. The van der Waals surface area contributed by atoms with Gasteiger partial charge in [-0.15, -0.1) is 0 Å². The maximum absolute atomic E-state index is 5.99. The Morgan fingerprint density at radius 1 is 1.11 bits per heavy atom. The molecule has 0 unspecified atom stereocenters. The third-order valence-electron chi connectivity index (χ3n) is 4.58. The molecular weight excluding hydrogens is 360 g/mol. The Morgan fingerprint density at radius 2 is 1.89 bits per heavy atom. The van der Waals surface area contributed by atoms with Crippen molar-refractivity contribution < 1.29 is 4.74 Å². The lowest BCUT2D eigenvalue weighted by atomic mass is 10.2. The van der Waals surface area contributed by atoms with Crippen molar-refractivity contribution in [3.63, 3.8) is 0 Å². The van der Waals surface area contributed by atoms with Crippen LogP contribution < -0.4 is 15.4 Å². The number of piperazine rings is 1. The fourth-order valence-corrected chi connectivity index (χ4v) is 3.84. The van der Waals surface area contributed by atoms with Crippen LogP contribution in [-0.2, 0) is 6.61 Å². The molecule has 0 spiro atoms. The van der Waals surface area contributed by atoms with Crippen molar-refractivity contribution in [2.24, 2.45) is 0 Å². The molecule has 1 saturated heterocycles. The molecule has 0 bridgehead atoms. The first-order valence-electron chi connectivity index (χ1n) is 8.86. The molecule has 3 aromatic heterocycles. The first kappa shape index (κ1) is 17.7. The van der Waals surface area contributed by atoms with E-state index in [0.717, 1.165) is 47.3 Å². The molecule has 0 atom stereocenters. The molecule has 0 radical (unpaired) electrons. The van der Waals surface area contributed by atoms with Gasteiger partial charge < -0.3 is 20.3 Å². The zero-order chi connectivity index (χ0) is 18.6. The van der Waals surface area contributed by atoms with Crippen molar-refractivity contribution in [2.45, 2.75) is 6.61 Å². The van der Waals surface area contributed by atoms with E-state index in [4.69, 9.17) is 10.5 Å². The summed E-state index contributed by atoms with van der Waals surface area (Å²) in [6.07, 6.45) is 7.16. The van der Waals surface area contributed by atoms with E-state index in [-0.39, 0.29) is 0 Å². The Hall–Kier alpha value is -2.71. The minimum Gasteiger partial charge on any atom is -0.485 e. The highest BCUT2D eigenvalue weighted by atomic mass is 32.1. The molecule has 0 amide bonds. The van der Waals surface area contributed by atoms with E-state index in [9.17, 15) is 0 Å². The molecule has 2 N–H and O–H groups in total. The van der Waals surface area contributed by atoms with Crippen LogP contribution in [-0.4, -0.2) is 53.1 Å². The van der Waals surface area contributed by atoms with Gasteiger partial charge in [0.05, 0.1) is 4.88 Å². The van der Waals surface area contributed by atoms with Gasteiger partial charge in [0.1, 0.15) is 6.61 Å². The largest absolute Gasteiger partial charge is 0.485 e. The molecule has 1 fully saturated rings. The van der Waals surface area contributed by atoms with E-state index in [1.54, 1.807) is 29.9 Å². The van der Waals surface area contributed by atoms with E-state index in [1.807, 2.05) is 24.4 Å². The predicted molar refractivity (Wildman–Crippen MR) is 108 cm³/mol. The topological polar surface area (TPSA) is 80.4 Å². The maximum Gasteiger partial charge on any atom is 0.185 e. The summed E-state index contributed by atoms with van der Waals surface area (Å²) in [4.78, 5) is 18.6. The number of rotatable bonds is 5. The SMILES string of the molecule is CN1CCN(c2ncc(-c3cnc(N)c(OCc4ccncc4)c3)s2)CC1. The summed E-state index contributed by atoms with van der Waals surface area (Å²) in [5, 5.41) is 1.05. The predicted octanol–water partition coefficient (Wildman–Crippen LogP) is 2.51. The van der Waals surface area contributed by atoms with Crippen LogP contribution in [0, 0.1) is 0 Å². The summed E-state index contributed by atoms with van der Waals surface area (Å²) in [7, 11) is 2.15. The van der Waals surface area contributed by atoms with Gasteiger partial charge in [-0.1, -0.05) is 11.3 Å². The Kier molecular flexibility index (Phi) is 5.17. The molecule has 27 heavy (non-hydrogen) atoms. The smallest absolute Gasteiger partial charge is 0.185 e. The summed E-state index contributed by atoms with van der Waals surface area (Å²) < 4.78 is 5.87. The van der Waals surface area contributed by atoms with E-state index in [0.29, 0.717) is 18.2 Å². The Morgan fingerprint density at radius 3 is 2.67 bits per heavy atom. The fraction of sp³-hybridized carbons (Fsp3) is 0.316. The summed E-state index contributed by atoms with van der Waals surface area (Å²) in [5.41, 5.74) is 7.99. The molecule has 4 rings (SSSR count). The summed E-state index contributed by atoms with van der Waals surface area (Å²) in [5.74, 6) is 0.968. The Balaban J connectivity index is 1.49. The second kappa shape index (κ2) is 7.89. The van der Waals surface area contributed by atoms with Crippen molar-refractivity contribution >= 4 is 22.3 Å². The molecule has 8 heteroatoms. The van der Waals surface area contributed by atoms with Gasteiger partial charge in [-0.2, -0.15) is 0 Å². The Bertz CT molecular complexity index is 892. The number of hydrogen-bond donors (Lipinski definition) is 1. The van der Waals surface area contributed by atoms with Crippen LogP contribution in [0.15, 0.2) is 43.0 Å². The van der Waals surface area contributed by atoms with Gasteiger partial charge in [0, 0.05) is 56.5 Å². The number of anilines is 2. The number of nitrogens with two attached hydrogens (primary N) is 1. The van der Waals surface area contributed by atoms with E-state index in [2.05, 4.69) is 31.8 Å². The molecule has 0 aliphatic carbocycles. The lowest BCUT2D eigenvalue weighted by Crippen LogP contribution is -2.44. The highest BCUT2D eigenvalue weighted by molar-refractivity contribution is 7.18. The molecule has 7 nitrogen and oxygen atoms in total. The summed E-state index contributed by atoms with van der Waals surface area (Å²) >= 11 is 1.67. The van der Waals surface area contributed by atoms with Crippen LogP contribution in [0.1, 0.15) is 5.56 Å². The molecule has 1 aliphatic rings. The van der Waals surface area contributed by atoms with Gasteiger partial charge in [0.2, 0.25) is 0 Å². The average molecular weight is 382 g/mol. The minimum absolute atomic E-state index is 0.386. The molecule has 0 saturated carbocycles. The van der Waals surface area contributed by atoms with Crippen LogP contribution in [0.25, 0.3) is 10.4 Å². The van der Waals surface area contributed by atoms with Crippen molar-refractivity contribution in [3.05, 3.63) is 48.5 Å². The summed E-state index contributed by atoms with van der Waals surface area (Å²) in [6.45, 7) is 4.55. The van der Waals surface area contributed by atoms with Gasteiger partial charge >= 0.3 is 0 Å². The molecule has 1 aliphatic heterocycles. The normalized spacial score (nSPS) is 15.1. The van der Waals surface area contributed by atoms with Gasteiger partial charge in [-0.3, -0.25) is 4.98 Å². The molecule has 140 valence electrons. The van der Waals surface area contributed by atoms with Crippen LogP contribution in [0.2, 0.25) is 0 Å².